The summed E-state index contributed by atoms with van der Waals surface area (Å²) in [5, 5.41) is 0.417. The molecule has 4 heteroatoms. The molecule has 0 amide bonds. The average molecular weight is 245 g/mol. The van der Waals surface area contributed by atoms with Gasteiger partial charge in [0, 0.05) is 11.3 Å². The Morgan fingerprint density at radius 2 is 2.19 bits per heavy atom. The zero-order valence-electron chi connectivity index (χ0n) is 10.4. The number of hydrogen-bond donors (Lipinski definition) is 1. The lowest BCUT2D eigenvalue weighted by molar-refractivity contribution is -0.137. The largest absolute Gasteiger partial charge is 0.468 e. The van der Waals surface area contributed by atoms with Crippen LogP contribution in [-0.2, 0) is 9.53 Å². The van der Waals surface area contributed by atoms with Crippen LogP contribution < -0.4 is 5.73 Å². The predicted octanol–water partition coefficient (Wildman–Crippen LogP) is 2.04. The fourth-order valence-corrected chi connectivity index (χ4v) is 3.45. The first kappa shape index (κ1) is 13.8. The van der Waals surface area contributed by atoms with Crippen molar-refractivity contribution in [1.29, 1.82) is 0 Å². The molecule has 1 aliphatic carbocycles. The normalized spacial score (nSPS) is 30.4. The molecule has 1 aliphatic rings. The molecule has 0 aromatic rings. The van der Waals surface area contributed by atoms with Crippen LogP contribution in [0.3, 0.4) is 0 Å². The highest BCUT2D eigenvalue weighted by Gasteiger charge is 2.30. The maximum absolute atomic E-state index is 11.1. The van der Waals surface area contributed by atoms with Gasteiger partial charge in [-0.05, 0) is 31.1 Å². The van der Waals surface area contributed by atoms with Crippen LogP contribution in [0.5, 0.6) is 0 Å². The third-order valence-electron chi connectivity index (χ3n) is 3.47. The predicted molar refractivity (Wildman–Crippen MR) is 68.4 cm³/mol. The van der Waals surface area contributed by atoms with E-state index in [0.717, 1.165) is 18.8 Å². The molecule has 0 heterocycles. The van der Waals surface area contributed by atoms with Crippen molar-refractivity contribution in [3.8, 4) is 0 Å². The first-order valence-corrected chi connectivity index (χ1v) is 7.03. The number of carbonyl (C=O) groups is 1. The molecule has 16 heavy (non-hydrogen) atoms. The van der Waals surface area contributed by atoms with Gasteiger partial charge in [0.15, 0.2) is 0 Å². The minimum atomic E-state index is -0.149. The van der Waals surface area contributed by atoms with Crippen molar-refractivity contribution >= 4 is 17.7 Å². The highest BCUT2D eigenvalue weighted by atomic mass is 32.2. The fourth-order valence-electron chi connectivity index (χ4n) is 2.21. The zero-order chi connectivity index (χ0) is 12.1. The van der Waals surface area contributed by atoms with Crippen LogP contribution in [0, 0.1) is 11.8 Å². The standard InChI is InChI=1S/C12H23NO2S/c1-8(2)9-4-5-10(13)11(6-9)16-7-12(14)15-3/h8-11H,4-7,13H2,1-3H3. The van der Waals surface area contributed by atoms with Gasteiger partial charge in [-0.1, -0.05) is 13.8 Å². The maximum Gasteiger partial charge on any atom is 0.315 e. The Balaban J connectivity index is 2.40. The van der Waals surface area contributed by atoms with Gasteiger partial charge >= 0.3 is 5.97 Å². The maximum atomic E-state index is 11.1. The first-order valence-electron chi connectivity index (χ1n) is 5.98. The number of nitrogens with two attached hydrogens (primary N) is 1. The van der Waals surface area contributed by atoms with Crippen molar-refractivity contribution in [3.63, 3.8) is 0 Å². The van der Waals surface area contributed by atoms with Gasteiger partial charge in [-0.2, -0.15) is 0 Å². The van der Waals surface area contributed by atoms with Crippen LogP contribution in [0.1, 0.15) is 33.1 Å². The Kier molecular flexibility index (Phi) is 5.62. The van der Waals surface area contributed by atoms with E-state index in [4.69, 9.17) is 5.73 Å². The van der Waals surface area contributed by atoms with E-state index in [1.807, 2.05) is 0 Å². The lowest BCUT2D eigenvalue weighted by Gasteiger charge is -2.35. The van der Waals surface area contributed by atoms with Crippen molar-refractivity contribution in [2.45, 2.75) is 44.4 Å². The van der Waals surface area contributed by atoms with E-state index < -0.39 is 0 Å². The van der Waals surface area contributed by atoms with Crippen molar-refractivity contribution in [1.82, 2.24) is 0 Å². The van der Waals surface area contributed by atoms with Gasteiger partial charge in [-0.3, -0.25) is 4.79 Å². The molecule has 0 aromatic heterocycles. The summed E-state index contributed by atoms with van der Waals surface area (Å²) in [6.45, 7) is 4.53. The average Bonchev–Trinajstić information content (AvgIpc) is 2.27. The summed E-state index contributed by atoms with van der Waals surface area (Å²) >= 11 is 1.66. The minimum absolute atomic E-state index is 0.149. The molecular formula is C12H23NO2S. The van der Waals surface area contributed by atoms with E-state index in [1.54, 1.807) is 11.8 Å². The van der Waals surface area contributed by atoms with E-state index in [-0.39, 0.29) is 12.0 Å². The Morgan fingerprint density at radius 3 is 2.75 bits per heavy atom. The quantitative estimate of drug-likeness (QED) is 0.770. The highest BCUT2D eigenvalue weighted by molar-refractivity contribution is 8.00. The summed E-state index contributed by atoms with van der Waals surface area (Å²) in [6.07, 6.45) is 3.45. The Hall–Kier alpha value is -0.220. The third kappa shape index (κ3) is 3.98. The smallest absolute Gasteiger partial charge is 0.315 e. The summed E-state index contributed by atoms with van der Waals surface area (Å²) in [5.41, 5.74) is 6.10. The van der Waals surface area contributed by atoms with Gasteiger partial charge in [-0.25, -0.2) is 0 Å². The number of thioether (sulfide) groups is 1. The second-order valence-corrected chi connectivity index (χ2v) is 6.13. The molecule has 3 unspecified atom stereocenters. The molecule has 3 atom stereocenters. The molecule has 0 spiro atoms. The van der Waals surface area contributed by atoms with Crippen LogP contribution >= 0.6 is 11.8 Å². The summed E-state index contributed by atoms with van der Waals surface area (Å²) in [4.78, 5) is 11.1. The zero-order valence-corrected chi connectivity index (χ0v) is 11.3. The van der Waals surface area contributed by atoms with Crippen LogP contribution in [0.25, 0.3) is 0 Å². The number of hydrogen-bond acceptors (Lipinski definition) is 4. The second-order valence-electron chi connectivity index (χ2n) is 4.91. The number of esters is 1. The lowest BCUT2D eigenvalue weighted by Crippen LogP contribution is -2.40. The molecule has 0 aromatic carbocycles. The molecule has 0 bridgehead atoms. The molecule has 0 saturated heterocycles. The number of rotatable bonds is 4. The van der Waals surface area contributed by atoms with Gasteiger partial charge < -0.3 is 10.5 Å². The lowest BCUT2D eigenvalue weighted by atomic mass is 9.79. The van der Waals surface area contributed by atoms with Crippen LogP contribution in [0.4, 0.5) is 0 Å². The van der Waals surface area contributed by atoms with E-state index in [9.17, 15) is 4.79 Å². The van der Waals surface area contributed by atoms with E-state index in [1.165, 1.54) is 13.5 Å². The molecular weight excluding hydrogens is 222 g/mol. The summed E-state index contributed by atoms with van der Waals surface area (Å²) in [5.74, 6) is 1.76. The van der Waals surface area contributed by atoms with Crippen molar-refractivity contribution in [3.05, 3.63) is 0 Å². The summed E-state index contributed by atoms with van der Waals surface area (Å²) in [7, 11) is 1.43. The molecule has 0 aliphatic heterocycles. The van der Waals surface area contributed by atoms with Crippen molar-refractivity contribution < 1.29 is 9.53 Å². The monoisotopic (exact) mass is 245 g/mol. The van der Waals surface area contributed by atoms with Crippen LogP contribution in [0.15, 0.2) is 0 Å². The summed E-state index contributed by atoms with van der Waals surface area (Å²) < 4.78 is 4.65. The Morgan fingerprint density at radius 1 is 1.50 bits per heavy atom. The van der Waals surface area contributed by atoms with E-state index in [0.29, 0.717) is 16.9 Å². The topological polar surface area (TPSA) is 52.3 Å². The Labute approximate surface area is 102 Å². The first-order chi connectivity index (χ1) is 7.54. The second kappa shape index (κ2) is 6.50. The van der Waals surface area contributed by atoms with Gasteiger partial charge in [0.2, 0.25) is 0 Å². The Bertz CT molecular complexity index is 233. The molecule has 3 nitrogen and oxygen atoms in total. The highest BCUT2D eigenvalue weighted by Crippen LogP contribution is 2.35. The van der Waals surface area contributed by atoms with Crippen molar-refractivity contribution in [2.75, 3.05) is 12.9 Å². The number of methoxy groups -OCH3 is 1. The van der Waals surface area contributed by atoms with Gasteiger partial charge in [0.25, 0.3) is 0 Å². The van der Waals surface area contributed by atoms with E-state index in [2.05, 4.69) is 18.6 Å². The van der Waals surface area contributed by atoms with Gasteiger partial charge in [0.1, 0.15) is 0 Å². The molecule has 1 fully saturated rings. The number of ether oxygens (including phenoxy) is 1. The minimum Gasteiger partial charge on any atom is -0.468 e. The molecule has 1 saturated carbocycles. The molecule has 0 radical (unpaired) electrons. The molecule has 2 N–H and O–H groups in total. The van der Waals surface area contributed by atoms with Crippen LogP contribution in [0.2, 0.25) is 0 Å². The molecule has 1 rings (SSSR count). The fraction of sp³-hybridized carbons (Fsp3) is 0.917. The third-order valence-corrected chi connectivity index (χ3v) is 4.84. The SMILES string of the molecule is COC(=O)CSC1CC(C(C)C)CCC1N. The van der Waals surface area contributed by atoms with Gasteiger partial charge in [0.05, 0.1) is 12.9 Å². The van der Waals surface area contributed by atoms with Crippen LogP contribution in [-0.4, -0.2) is 30.1 Å². The summed E-state index contributed by atoms with van der Waals surface area (Å²) in [6, 6.07) is 0.240. The van der Waals surface area contributed by atoms with Crippen molar-refractivity contribution in [2.24, 2.45) is 17.6 Å². The van der Waals surface area contributed by atoms with Gasteiger partial charge in [-0.15, -0.1) is 11.8 Å². The van der Waals surface area contributed by atoms with E-state index >= 15 is 0 Å². The number of carbonyl (C=O) groups excluding carboxylic acids is 1. The molecule has 94 valence electrons.